The molecule has 23 heavy (non-hydrogen) atoms. The smallest absolute Gasteiger partial charge is 0.310 e. The van der Waals surface area contributed by atoms with Crippen LogP contribution in [0.2, 0.25) is 0 Å². The van der Waals surface area contributed by atoms with E-state index in [0.717, 1.165) is 9.55 Å². The predicted molar refractivity (Wildman–Crippen MR) is 89.4 cm³/mol. The zero-order valence-corrected chi connectivity index (χ0v) is 14.9. The highest BCUT2D eigenvalue weighted by Gasteiger charge is 2.44. The minimum absolute atomic E-state index is 0.176. The summed E-state index contributed by atoms with van der Waals surface area (Å²) in [6.45, 7) is 0.587. The highest BCUT2D eigenvalue weighted by molar-refractivity contribution is 9.11. The minimum Gasteiger partial charge on any atom is -0.622 e. The lowest BCUT2D eigenvalue weighted by Crippen LogP contribution is -2.50. The molecule has 1 saturated heterocycles. The summed E-state index contributed by atoms with van der Waals surface area (Å²) in [7, 11) is 1.82. The predicted octanol–water partition coefficient (Wildman–Crippen LogP) is 2.71. The number of likely N-dealkylation sites (N-methyl/N-ethyl adjacent to an activating group) is 1. The lowest BCUT2D eigenvalue weighted by molar-refractivity contribution is -0.153. The van der Waals surface area contributed by atoms with E-state index in [-0.39, 0.29) is 13.1 Å². The van der Waals surface area contributed by atoms with Gasteiger partial charge in [-0.2, -0.15) is 4.98 Å². The van der Waals surface area contributed by atoms with E-state index in [9.17, 15) is 10.0 Å². The molecule has 1 fully saturated rings. The Balaban J connectivity index is 1.66. The number of carbonyl (C=O) groups is 1. The molecule has 2 unspecified atom stereocenters. The quantitative estimate of drug-likeness (QED) is 0.435. The molecule has 0 saturated carbocycles. The summed E-state index contributed by atoms with van der Waals surface area (Å²) in [4.78, 5) is 18.1. The third-order valence-electron chi connectivity index (χ3n) is 3.60. The van der Waals surface area contributed by atoms with E-state index in [1.54, 1.807) is 24.6 Å². The SMILES string of the molecule is CN1CC(OC(=O)CCc2ccco2)[N+]([O-])(c2ncc(Br)s2)C1. The van der Waals surface area contributed by atoms with Crippen LogP contribution in [0.15, 0.2) is 32.8 Å². The van der Waals surface area contributed by atoms with Gasteiger partial charge in [0, 0.05) is 6.42 Å². The highest BCUT2D eigenvalue weighted by atomic mass is 79.9. The Morgan fingerprint density at radius 3 is 3.17 bits per heavy atom. The molecule has 2 aromatic heterocycles. The van der Waals surface area contributed by atoms with Crippen molar-refractivity contribution < 1.29 is 13.9 Å². The molecule has 124 valence electrons. The van der Waals surface area contributed by atoms with Crippen LogP contribution < -0.4 is 4.65 Å². The normalized spacial score (nSPS) is 24.9. The van der Waals surface area contributed by atoms with Crippen molar-refractivity contribution in [3.05, 3.63) is 39.3 Å². The average Bonchev–Trinajstić information content (AvgIpc) is 3.19. The van der Waals surface area contributed by atoms with Crippen molar-refractivity contribution in [1.29, 1.82) is 0 Å². The molecule has 0 amide bonds. The zero-order chi connectivity index (χ0) is 16.4. The Bertz CT molecular complexity index is 677. The topological polar surface area (TPSA) is 78.6 Å². The van der Waals surface area contributed by atoms with E-state index >= 15 is 0 Å². The number of nitrogens with zero attached hydrogens (tertiary/aromatic N) is 3. The number of aromatic nitrogens is 1. The molecule has 0 aromatic carbocycles. The molecule has 0 aliphatic carbocycles. The van der Waals surface area contributed by atoms with Gasteiger partial charge in [0.1, 0.15) is 12.4 Å². The summed E-state index contributed by atoms with van der Waals surface area (Å²) in [5.41, 5.74) is 0. The molecule has 0 bridgehead atoms. The average molecular weight is 402 g/mol. The van der Waals surface area contributed by atoms with Crippen LogP contribution >= 0.6 is 27.3 Å². The lowest BCUT2D eigenvalue weighted by atomic mass is 10.2. The number of hydroxylamine groups is 2. The fourth-order valence-corrected chi connectivity index (χ4v) is 3.78. The van der Waals surface area contributed by atoms with Gasteiger partial charge in [-0.3, -0.25) is 9.44 Å². The second kappa shape index (κ2) is 6.70. The Hall–Kier alpha value is -1.26. The molecule has 1 aliphatic rings. The van der Waals surface area contributed by atoms with Crippen LogP contribution in [0.5, 0.6) is 0 Å². The van der Waals surface area contributed by atoms with Gasteiger partial charge in [-0.25, -0.2) is 4.90 Å². The first-order valence-electron chi connectivity index (χ1n) is 7.08. The molecular weight excluding hydrogens is 386 g/mol. The second-order valence-corrected chi connectivity index (χ2v) is 7.83. The zero-order valence-electron chi connectivity index (χ0n) is 12.5. The summed E-state index contributed by atoms with van der Waals surface area (Å²) in [5, 5.41) is 13.5. The van der Waals surface area contributed by atoms with Crippen LogP contribution in [0.3, 0.4) is 0 Å². The van der Waals surface area contributed by atoms with Crippen LogP contribution in [-0.4, -0.2) is 42.3 Å². The number of esters is 1. The third-order valence-corrected chi connectivity index (χ3v) is 5.18. The summed E-state index contributed by atoms with van der Waals surface area (Å²) >= 11 is 4.57. The molecule has 3 heterocycles. The van der Waals surface area contributed by atoms with Crippen molar-refractivity contribution in [2.45, 2.75) is 19.1 Å². The molecule has 1 aliphatic heterocycles. The number of carbonyl (C=O) groups excluding carboxylic acids is 1. The van der Waals surface area contributed by atoms with Gasteiger partial charge in [0.2, 0.25) is 0 Å². The number of rotatable bonds is 5. The number of ether oxygens (including phenoxy) is 1. The van der Waals surface area contributed by atoms with Gasteiger partial charge in [0.15, 0.2) is 0 Å². The summed E-state index contributed by atoms with van der Waals surface area (Å²) in [6.07, 6.45) is 2.98. The maximum absolute atomic E-state index is 13.2. The van der Waals surface area contributed by atoms with Crippen LogP contribution in [0.25, 0.3) is 0 Å². The van der Waals surface area contributed by atoms with Crippen molar-refractivity contribution in [1.82, 2.24) is 14.5 Å². The number of quaternary nitrogens is 1. The maximum Gasteiger partial charge on any atom is 0.310 e. The van der Waals surface area contributed by atoms with Crippen molar-refractivity contribution in [2.75, 3.05) is 20.3 Å². The largest absolute Gasteiger partial charge is 0.622 e. The molecule has 3 rings (SSSR count). The summed E-state index contributed by atoms with van der Waals surface area (Å²) in [6, 6.07) is 3.57. The van der Waals surface area contributed by atoms with Gasteiger partial charge in [0.05, 0.1) is 29.2 Å². The second-order valence-electron chi connectivity index (χ2n) is 5.45. The Labute approximate surface area is 145 Å². The summed E-state index contributed by atoms with van der Waals surface area (Å²) < 4.78 is 10.6. The lowest BCUT2D eigenvalue weighted by Gasteiger charge is -2.38. The summed E-state index contributed by atoms with van der Waals surface area (Å²) in [5.74, 6) is 0.313. The highest BCUT2D eigenvalue weighted by Crippen LogP contribution is 2.36. The monoisotopic (exact) mass is 401 g/mol. The van der Waals surface area contributed by atoms with Crippen LogP contribution in [0.4, 0.5) is 5.13 Å². The molecular formula is C14H16BrN3O4S. The molecule has 0 N–H and O–H groups in total. The van der Waals surface area contributed by atoms with E-state index in [0.29, 0.717) is 18.1 Å². The molecule has 2 atom stereocenters. The molecule has 0 spiro atoms. The number of aryl methyl sites for hydroxylation is 1. The maximum atomic E-state index is 13.2. The van der Waals surface area contributed by atoms with E-state index in [2.05, 4.69) is 20.9 Å². The Kier molecular flexibility index (Phi) is 4.83. The standard InChI is InChI=1S/C14H16BrN3O4S/c1-17-8-12(18(20,9-17)14-16-7-11(15)23-14)22-13(19)5-4-10-3-2-6-21-10/h2-3,6-7,12H,4-5,8-9H2,1H3. The van der Waals surface area contributed by atoms with Gasteiger partial charge >= 0.3 is 5.97 Å². The van der Waals surface area contributed by atoms with Crippen molar-refractivity contribution in [3.63, 3.8) is 0 Å². The van der Waals surface area contributed by atoms with Gasteiger partial charge < -0.3 is 14.4 Å². The molecule has 0 radical (unpaired) electrons. The number of hydrogen-bond donors (Lipinski definition) is 0. The van der Waals surface area contributed by atoms with Crippen molar-refractivity contribution in [2.24, 2.45) is 0 Å². The number of halogens is 1. The fraction of sp³-hybridized carbons (Fsp3) is 0.429. The molecule has 7 nitrogen and oxygen atoms in total. The van der Waals surface area contributed by atoms with Crippen molar-refractivity contribution >= 4 is 38.4 Å². The third kappa shape index (κ3) is 3.64. The Morgan fingerprint density at radius 1 is 1.70 bits per heavy atom. The molecule has 2 aromatic rings. The fourth-order valence-electron chi connectivity index (χ4n) is 2.52. The van der Waals surface area contributed by atoms with Gasteiger partial charge in [-0.1, -0.05) is 0 Å². The first-order chi connectivity index (χ1) is 11.0. The Morgan fingerprint density at radius 2 is 2.52 bits per heavy atom. The van der Waals surface area contributed by atoms with E-state index in [1.807, 2.05) is 11.9 Å². The van der Waals surface area contributed by atoms with Crippen molar-refractivity contribution in [3.8, 4) is 0 Å². The van der Waals surface area contributed by atoms with Gasteiger partial charge in [-0.05, 0) is 46.4 Å². The molecule has 9 heteroatoms. The number of thiazole rings is 1. The van der Waals surface area contributed by atoms with E-state index in [4.69, 9.17) is 9.15 Å². The first-order valence-corrected chi connectivity index (χ1v) is 8.69. The minimum atomic E-state index is -0.804. The van der Waals surface area contributed by atoms with E-state index in [1.165, 1.54) is 11.3 Å². The first kappa shape index (κ1) is 16.6. The van der Waals surface area contributed by atoms with Crippen LogP contribution in [0, 0.1) is 5.21 Å². The van der Waals surface area contributed by atoms with E-state index < -0.39 is 16.8 Å². The van der Waals surface area contributed by atoms with Gasteiger partial charge in [-0.15, -0.1) is 0 Å². The van der Waals surface area contributed by atoms with Gasteiger partial charge in [0.25, 0.3) is 11.4 Å². The number of hydrogen-bond acceptors (Lipinski definition) is 7. The van der Waals surface area contributed by atoms with Crippen LogP contribution in [-0.2, 0) is 16.0 Å². The van der Waals surface area contributed by atoms with Crippen LogP contribution in [0.1, 0.15) is 12.2 Å². The number of furan rings is 1.